The number of nitrogens with zero attached hydrogens (tertiary/aromatic N) is 2. The van der Waals surface area contributed by atoms with Crippen LogP contribution in [0.2, 0.25) is 0 Å². The van der Waals surface area contributed by atoms with Crippen molar-refractivity contribution in [3.8, 4) is 11.4 Å². The van der Waals surface area contributed by atoms with Crippen LogP contribution in [-0.4, -0.2) is 29.0 Å². The third kappa shape index (κ3) is 3.13. The first-order valence-electron chi connectivity index (χ1n) is 7.69. The van der Waals surface area contributed by atoms with Crippen molar-refractivity contribution in [3.63, 3.8) is 0 Å². The largest absolute Gasteiger partial charge is 0.491 e. The molecule has 0 aliphatic carbocycles. The smallest absolute Gasteiger partial charge is 0.358 e. The minimum absolute atomic E-state index is 0.344. The van der Waals surface area contributed by atoms with Gasteiger partial charge in [-0.1, -0.05) is 19.9 Å². The average Bonchev–Trinajstić information content (AvgIpc) is 2.88. The molecule has 1 aromatic carbocycles. The summed E-state index contributed by atoms with van der Waals surface area (Å²) in [6, 6.07) is 7.72. The van der Waals surface area contributed by atoms with Crippen LogP contribution >= 0.6 is 0 Å². The van der Waals surface area contributed by atoms with Crippen molar-refractivity contribution in [2.75, 3.05) is 13.2 Å². The second-order valence-corrected chi connectivity index (χ2v) is 4.72. The van der Waals surface area contributed by atoms with Crippen molar-refractivity contribution >= 4 is 5.97 Å². The SMILES string of the molecule is CC.CCOC(=O)c1cc2n(n1)-c1cc(C)ccc1OCC2. The predicted octanol–water partition coefficient (Wildman–Crippen LogP) is 3.32. The Morgan fingerprint density at radius 3 is 2.86 bits per heavy atom. The Hall–Kier alpha value is -2.30. The molecular weight excluding hydrogens is 280 g/mol. The van der Waals surface area contributed by atoms with Crippen LogP contribution in [0.5, 0.6) is 5.75 Å². The van der Waals surface area contributed by atoms with Crippen molar-refractivity contribution in [2.24, 2.45) is 0 Å². The highest BCUT2D eigenvalue weighted by Gasteiger charge is 2.20. The van der Waals surface area contributed by atoms with Gasteiger partial charge in [-0.05, 0) is 37.6 Å². The van der Waals surface area contributed by atoms with Crippen LogP contribution in [0.1, 0.15) is 42.5 Å². The molecule has 5 heteroatoms. The van der Waals surface area contributed by atoms with Gasteiger partial charge in [0.1, 0.15) is 11.4 Å². The first-order valence-corrected chi connectivity index (χ1v) is 7.69. The van der Waals surface area contributed by atoms with E-state index in [2.05, 4.69) is 5.10 Å². The van der Waals surface area contributed by atoms with E-state index in [9.17, 15) is 4.79 Å². The third-order valence-corrected chi connectivity index (χ3v) is 3.23. The van der Waals surface area contributed by atoms with E-state index in [1.165, 1.54) is 0 Å². The van der Waals surface area contributed by atoms with Crippen molar-refractivity contribution in [1.82, 2.24) is 9.78 Å². The van der Waals surface area contributed by atoms with Crippen LogP contribution in [0, 0.1) is 6.92 Å². The standard InChI is InChI=1S/C15H16N2O3.C2H6/c1-3-19-15(18)12-9-11-6-7-20-14-5-4-10(2)8-13(14)17(11)16-12;1-2/h4-5,8-9H,3,6-7H2,1-2H3;1-2H3. The summed E-state index contributed by atoms with van der Waals surface area (Å²) in [5.74, 6) is 0.399. The van der Waals surface area contributed by atoms with Gasteiger partial charge in [0.25, 0.3) is 0 Å². The van der Waals surface area contributed by atoms with E-state index < -0.39 is 0 Å². The van der Waals surface area contributed by atoms with Gasteiger partial charge in [-0.3, -0.25) is 0 Å². The molecule has 0 amide bonds. The number of aromatic nitrogens is 2. The number of hydrogen-bond acceptors (Lipinski definition) is 4. The van der Waals surface area contributed by atoms with E-state index in [0.29, 0.717) is 25.3 Å². The first kappa shape index (κ1) is 16.1. The fourth-order valence-corrected chi connectivity index (χ4v) is 2.29. The lowest BCUT2D eigenvalue weighted by Crippen LogP contribution is -2.07. The van der Waals surface area contributed by atoms with E-state index in [1.807, 2.05) is 39.0 Å². The lowest BCUT2D eigenvalue weighted by atomic mass is 10.2. The lowest BCUT2D eigenvalue weighted by molar-refractivity contribution is 0.0519. The fourth-order valence-electron chi connectivity index (χ4n) is 2.29. The van der Waals surface area contributed by atoms with E-state index >= 15 is 0 Å². The Bertz CT molecular complexity index is 662. The number of benzene rings is 1. The Kier molecular flexibility index (Phi) is 5.20. The molecular formula is C17H22N2O3. The van der Waals surface area contributed by atoms with E-state index in [1.54, 1.807) is 17.7 Å². The van der Waals surface area contributed by atoms with Gasteiger partial charge in [-0.15, -0.1) is 0 Å². The number of ether oxygens (including phenoxy) is 2. The topological polar surface area (TPSA) is 53.4 Å². The Labute approximate surface area is 130 Å². The zero-order valence-corrected chi connectivity index (χ0v) is 13.5. The summed E-state index contributed by atoms with van der Waals surface area (Å²) in [5, 5.41) is 4.37. The maximum absolute atomic E-state index is 11.8. The van der Waals surface area contributed by atoms with Crippen molar-refractivity contribution in [3.05, 3.63) is 41.2 Å². The molecule has 0 atom stereocenters. The monoisotopic (exact) mass is 302 g/mol. The summed E-state index contributed by atoms with van der Waals surface area (Å²) in [6.07, 6.45) is 0.708. The van der Waals surface area contributed by atoms with Gasteiger partial charge >= 0.3 is 5.97 Å². The molecule has 0 saturated heterocycles. The molecule has 1 aliphatic rings. The summed E-state index contributed by atoms with van der Waals surface area (Å²) < 4.78 is 12.5. The van der Waals surface area contributed by atoms with Gasteiger partial charge in [-0.25, -0.2) is 9.48 Å². The van der Waals surface area contributed by atoms with Gasteiger partial charge < -0.3 is 9.47 Å². The average molecular weight is 302 g/mol. The number of esters is 1. The van der Waals surface area contributed by atoms with Gasteiger partial charge in [0.05, 0.1) is 13.2 Å². The number of carbonyl (C=O) groups excluding carboxylic acids is 1. The highest BCUT2D eigenvalue weighted by atomic mass is 16.5. The van der Waals surface area contributed by atoms with Crippen LogP contribution in [0.4, 0.5) is 0 Å². The summed E-state index contributed by atoms with van der Waals surface area (Å²) >= 11 is 0. The van der Waals surface area contributed by atoms with Crippen LogP contribution in [-0.2, 0) is 11.2 Å². The molecule has 0 unspecified atom stereocenters. The van der Waals surface area contributed by atoms with E-state index in [-0.39, 0.29) is 5.97 Å². The molecule has 3 rings (SSSR count). The summed E-state index contributed by atoms with van der Waals surface area (Å²) in [5.41, 5.74) is 3.29. The molecule has 0 spiro atoms. The molecule has 1 aliphatic heterocycles. The zero-order chi connectivity index (χ0) is 16.1. The molecule has 0 radical (unpaired) electrons. The number of fused-ring (bicyclic) bond motifs is 3. The lowest BCUT2D eigenvalue weighted by Gasteiger charge is -2.08. The highest BCUT2D eigenvalue weighted by molar-refractivity contribution is 5.87. The number of aryl methyl sites for hydroxylation is 1. The summed E-state index contributed by atoms with van der Waals surface area (Å²) in [4.78, 5) is 11.8. The summed E-state index contributed by atoms with van der Waals surface area (Å²) in [7, 11) is 0. The molecule has 0 fully saturated rings. The molecule has 0 bridgehead atoms. The quantitative estimate of drug-likeness (QED) is 0.799. The van der Waals surface area contributed by atoms with Gasteiger partial charge in [0, 0.05) is 12.1 Å². The number of carbonyl (C=O) groups is 1. The normalized spacial score (nSPS) is 12.0. The molecule has 5 nitrogen and oxygen atoms in total. The van der Waals surface area contributed by atoms with Crippen LogP contribution in [0.3, 0.4) is 0 Å². The van der Waals surface area contributed by atoms with Crippen LogP contribution in [0.25, 0.3) is 5.69 Å². The van der Waals surface area contributed by atoms with E-state index in [0.717, 1.165) is 22.7 Å². The molecule has 2 aromatic rings. The molecule has 1 aromatic heterocycles. The zero-order valence-electron chi connectivity index (χ0n) is 13.5. The maximum Gasteiger partial charge on any atom is 0.358 e. The molecule has 2 heterocycles. The first-order chi connectivity index (χ1) is 10.7. The van der Waals surface area contributed by atoms with Crippen LogP contribution in [0.15, 0.2) is 24.3 Å². The minimum atomic E-state index is -0.386. The number of hydrogen-bond donors (Lipinski definition) is 0. The number of rotatable bonds is 2. The molecule has 118 valence electrons. The van der Waals surface area contributed by atoms with Crippen molar-refractivity contribution in [1.29, 1.82) is 0 Å². The fraction of sp³-hybridized carbons (Fsp3) is 0.412. The Morgan fingerprint density at radius 2 is 2.14 bits per heavy atom. The molecule has 0 N–H and O–H groups in total. The van der Waals surface area contributed by atoms with Crippen molar-refractivity contribution < 1.29 is 14.3 Å². The van der Waals surface area contributed by atoms with Gasteiger partial charge in [-0.2, -0.15) is 5.10 Å². The third-order valence-electron chi connectivity index (χ3n) is 3.23. The van der Waals surface area contributed by atoms with Crippen LogP contribution < -0.4 is 4.74 Å². The Balaban J connectivity index is 0.000000847. The van der Waals surface area contributed by atoms with Crippen molar-refractivity contribution in [2.45, 2.75) is 34.1 Å². The predicted molar refractivity (Wildman–Crippen MR) is 84.8 cm³/mol. The minimum Gasteiger partial charge on any atom is -0.491 e. The van der Waals surface area contributed by atoms with E-state index in [4.69, 9.17) is 9.47 Å². The second-order valence-electron chi connectivity index (χ2n) is 4.72. The van der Waals surface area contributed by atoms with Gasteiger partial charge in [0.15, 0.2) is 5.69 Å². The Morgan fingerprint density at radius 1 is 1.36 bits per heavy atom. The summed E-state index contributed by atoms with van der Waals surface area (Å²) in [6.45, 7) is 8.72. The molecule has 22 heavy (non-hydrogen) atoms. The maximum atomic E-state index is 11.8. The van der Waals surface area contributed by atoms with Gasteiger partial charge in [0.2, 0.25) is 0 Å². The second kappa shape index (κ2) is 7.11. The molecule has 0 saturated carbocycles. The highest BCUT2D eigenvalue weighted by Crippen LogP contribution is 2.28.